The van der Waals surface area contributed by atoms with E-state index < -0.39 is 0 Å². The smallest absolute Gasteiger partial charge is 0.274 e. The van der Waals surface area contributed by atoms with Crippen molar-refractivity contribution < 1.29 is 4.79 Å². The van der Waals surface area contributed by atoms with Gasteiger partial charge in [0.1, 0.15) is 5.69 Å². The van der Waals surface area contributed by atoms with Gasteiger partial charge < -0.3 is 10.6 Å². The van der Waals surface area contributed by atoms with Crippen LogP contribution in [0.3, 0.4) is 0 Å². The molecule has 0 aliphatic carbocycles. The Hall–Kier alpha value is -2.14. The van der Waals surface area contributed by atoms with Gasteiger partial charge >= 0.3 is 0 Å². The highest BCUT2D eigenvalue weighted by Crippen LogP contribution is 2.27. The molecule has 0 atom stereocenters. The lowest BCUT2D eigenvalue weighted by molar-refractivity contribution is 0.102. The Kier molecular flexibility index (Phi) is 6.15. The van der Waals surface area contributed by atoms with Gasteiger partial charge in [-0.2, -0.15) is 0 Å². The maximum Gasteiger partial charge on any atom is 0.274 e. The third-order valence-electron chi connectivity index (χ3n) is 3.56. The van der Waals surface area contributed by atoms with E-state index in [-0.39, 0.29) is 5.91 Å². The molecule has 5 nitrogen and oxygen atoms in total. The van der Waals surface area contributed by atoms with E-state index in [4.69, 9.17) is 11.6 Å². The standard InChI is InChI=1S/C18H23ClN4O/c1-11(2)5-7-20-18-21-8-6-15(22-18)17(24)23-16-13(4)9-12(3)10-14(16)19/h6,8-11H,5,7H2,1-4H3,(H,23,24)(H,20,21,22). The summed E-state index contributed by atoms with van der Waals surface area (Å²) in [4.78, 5) is 20.9. The van der Waals surface area contributed by atoms with E-state index in [1.807, 2.05) is 26.0 Å². The fourth-order valence-electron chi connectivity index (χ4n) is 2.29. The minimum Gasteiger partial charge on any atom is -0.354 e. The molecule has 1 heterocycles. The van der Waals surface area contributed by atoms with Crippen LogP contribution < -0.4 is 10.6 Å². The molecule has 0 aliphatic rings. The van der Waals surface area contributed by atoms with Gasteiger partial charge in [-0.25, -0.2) is 9.97 Å². The summed E-state index contributed by atoms with van der Waals surface area (Å²) in [7, 11) is 0. The van der Waals surface area contributed by atoms with Gasteiger partial charge in [-0.05, 0) is 49.4 Å². The number of nitrogens with zero attached hydrogens (tertiary/aromatic N) is 2. The Balaban J connectivity index is 2.10. The molecule has 2 rings (SSSR count). The average Bonchev–Trinajstić information content (AvgIpc) is 2.50. The first-order chi connectivity index (χ1) is 11.4. The minimum atomic E-state index is -0.307. The summed E-state index contributed by atoms with van der Waals surface area (Å²) in [6.45, 7) is 8.95. The van der Waals surface area contributed by atoms with Crippen LogP contribution >= 0.6 is 11.6 Å². The van der Waals surface area contributed by atoms with Crippen LogP contribution in [0.25, 0.3) is 0 Å². The van der Waals surface area contributed by atoms with Gasteiger partial charge in [0.05, 0.1) is 10.7 Å². The van der Waals surface area contributed by atoms with Crippen molar-refractivity contribution in [3.05, 3.63) is 46.2 Å². The first-order valence-electron chi connectivity index (χ1n) is 8.02. The van der Waals surface area contributed by atoms with E-state index in [1.165, 1.54) is 0 Å². The molecule has 6 heteroatoms. The summed E-state index contributed by atoms with van der Waals surface area (Å²) in [5.74, 6) is 0.740. The number of carbonyl (C=O) groups excluding carboxylic acids is 1. The van der Waals surface area contributed by atoms with Crippen LogP contribution in [-0.4, -0.2) is 22.4 Å². The molecule has 0 saturated heterocycles. The number of amides is 1. The number of carbonyl (C=O) groups is 1. The van der Waals surface area contributed by atoms with Gasteiger partial charge in [0.15, 0.2) is 0 Å². The van der Waals surface area contributed by atoms with E-state index in [0.717, 1.165) is 24.1 Å². The normalized spacial score (nSPS) is 10.8. The lowest BCUT2D eigenvalue weighted by Gasteiger charge is -2.12. The highest BCUT2D eigenvalue weighted by atomic mass is 35.5. The van der Waals surface area contributed by atoms with Gasteiger partial charge in [0.25, 0.3) is 5.91 Å². The number of hydrogen-bond acceptors (Lipinski definition) is 4. The third kappa shape index (κ3) is 4.93. The fourth-order valence-corrected chi connectivity index (χ4v) is 2.66. The highest BCUT2D eigenvalue weighted by Gasteiger charge is 2.13. The molecule has 1 amide bonds. The Bertz CT molecular complexity index is 708. The predicted octanol–water partition coefficient (Wildman–Crippen LogP) is 4.46. The molecule has 0 saturated carbocycles. The molecule has 0 fully saturated rings. The number of aryl methyl sites for hydroxylation is 2. The van der Waals surface area contributed by atoms with E-state index in [2.05, 4.69) is 34.4 Å². The van der Waals surface area contributed by atoms with Crippen molar-refractivity contribution in [1.29, 1.82) is 0 Å². The van der Waals surface area contributed by atoms with Gasteiger partial charge in [0.2, 0.25) is 5.95 Å². The predicted molar refractivity (Wildman–Crippen MR) is 98.9 cm³/mol. The quantitative estimate of drug-likeness (QED) is 0.810. The van der Waals surface area contributed by atoms with Crippen molar-refractivity contribution in [3.8, 4) is 0 Å². The second-order valence-electron chi connectivity index (χ2n) is 6.27. The summed E-state index contributed by atoms with van der Waals surface area (Å²) in [6, 6.07) is 5.38. The first kappa shape index (κ1) is 18.2. The summed E-state index contributed by atoms with van der Waals surface area (Å²) in [5, 5.41) is 6.49. The van der Waals surface area contributed by atoms with Crippen molar-refractivity contribution in [1.82, 2.24) is 9.97 Å². The lowest BCUT2D eigenvalue weighted by Crippen LogP contribution is -2.16. The van der Waals surface area contributed by atoms with Crippen molar-refractivity contribution in [2.45, 2.75) is 34.1 Å². The van der Waals surface area contributed by atoms with Crippen molar-refractivity contribution >= 4 is 29.1 Å². The van der Waals surface area contributed by atoms with Crippen molar-refractivity contribution in [2.24, 2.45) is 5.92 Å². The molecule has 0 aliphatic heterocycles. The molecule has 0 radical (unpaired) electrons. The Labute approximate surface area is 147 Å². The molecule has 128 valence electrons. The fraction of sp³-hybridized carbons (Fsp3) is 0.389. The van der Waals surface area contributed by atoms with E-state index in [1.54, 1.807) is 12.3 Å². The van der Waals surface area contributed by atoms with Crippen LogP contribution in [0.1, 0.15) is 41.9 Å². The van der Waals surface area contributed by atoms with E-state index in [9.17, 15) is 4.79 Å². The topological polar surface area (TPSA) is 66.9 Å². The number of hydrogen-bond donors (Lipinski definition) is 2. The average molecular weight is 347 g/mol. The molecular weight excluding hydrogens is 324 g/mol. The van der Waals surface area contributed by atoms with Crippen LogP contribution in [0.2, 0.25) is 5.02 Å². The third-order valence-corrected chi connectivity index (χ3v) is 3.86. The summed E-state index contributed by atoms with van der Waals surface area (Å²) in [5.41, 5.74) is 2.88. The van der Waals surface area contributed by atoms with Crippen molar-refractivity contribution in [2.75, 3.05) is 17.2 Å². The maximum absolute atomic E-state index is 12.4. The van der Waals surface area contributed by atoms with Gasteiger partial charge in [-0.3, -0.25) is 4.79 Å². The molecule has 2 N–H and O–H groups in total. The molecular formula is C18H23ClN4O. The maximum atomic E-state index is 12.4. The number of aromatic nitrogens is 2. The second kappa shape index (κ2) is 8.11. The number of anilines is 2. The van der Waals surface area contributed by atoms with Crippen LogP contribution in [0.15, 0.2) is 24.4 Å². The van der Waals surface area contributed by atoms with Gasteiger partial charge in [0, 0.05) is 12.7 Å². The SMILES string of the molecule is Cc1cc(C)c(NC(=O)c2ccnc(NCCC(C)C)n2)c(Cl)c1. The Morgan fingerprint density at radius 3 is 2.71 bits per heavy atom. The van der Waals surface area contributed by atoms with Crippen LogP contribution in [0.5, 0.6) is 0 Å². The molecule has 1 aromatic carbocycles. The lowest BCUT2D eigenvalue weighted by atomic mass is 10.1. The molecule has 0 unspecified atom stereocenters. The molecule has 0 bridgehead atoms. The first-order valence-corrected chi connectivity index (χ1v) is 8.39. The van der Waals surface area contributed by atoms with Crippen LogP contribution in [0, 0.1) is 19.8 Å². The molecule has 1 aromatic heterocycles. The molecule has 24 heavy (non-hydrogen) atoms. The zero-order valence-corrected chi connectivity index (χ0v) is 15.2. The monoisotopic (exact) mass is 346 g/mol. The second-order valence-corrected chi connectivity index (χ2v) is 6.67. The van der Waals surface area contributed by atoms with E-state index >= 15 is 0 Å². The van der Waals surface area contributed by atoms with Crippen molar-refractivity contribution in [3.63, 3.8) is 0 Å². The summed E-state index contributed by atoms with van der Waals surface area (Å²) < 4.78 is 0. The van der Waals surface area contributed by atoms with Gasteiger partial charge in [-0.1, -0.05) is 31.5 Å². The summed E-state index contributed by atoms with van der Waals surface area (Å²) in [6.07, 6.45) is 2.58. The highest BCUT2D eigenvalue weighted by molar-refractivity contribution is 6.34. The zero-order valence-electron chi connectivity index (χ0n) is 14.5. The number of rotatable bonds is 6. The molecule has 2 aromatic rings. The largest absolute Gasteiger partial charge is 0.354 e. The summed E-state index contributed by atoms with van der Waals surface area (Å²) >= 11 is 6.24. The number of nitrogens with one attached hydrogen (secondary N) is 2. The van der Waals surface area contributed by atoms with Crippen LogP contribution in [0.4, 0.5) is 11.6 Å². The number of halogens is 1. The van der Waals surface area contributed by atoms with Gasteiger partial charge in [-0.15, -0.1) is 0 Å². The van der Waals surface area contributed by atoms with Crippen LogP contribution in [-0.2, 0) is 0 Å². The Morgan fingerprint density at radius 1 is 1.29 bits per heavy atom. The zero-order chi connectivity index (χ0) is 17.7. The minimum absolute atomic E-state index is 0.299. The number of benzene rings is 1. The Morgan fingerprint density at radius 2 is 2.04 bits per heavy atom. The molecule has 0 spiro atoms. The van der Waals surface area contributed by atoms with E-state index in [0.29, 0.717) is 28.3 Å².